The average molecular weight is 289 g/mol. The molecule has 0 bridgehead atoms. The fourth-order valence-electron chi connectivity index (χ4n) is 1.94. The monoisotopic (exact) mass is 289 g/mol. The second kappa shape index (κ2) is 6.78. The number of amides is 1. The molecule has 1 heterocycles. The second-order valence-electron chi connectivity index (χ2n) is 4.62. The van der Waals surface area contributed by atoms with E-state index in [0.717, 1.165) is 5.69 Å². The van der Waals surface area contributed by atoms with E-state index in [-0.39, 0.29) is 5.91 Å². The summed E-state index contributed by atoms with van der Waals surface area (Å²) in [7, 11) is 1.60. The number of carbonyl (C=O) groups is 1. The average Bonchev–Trinajstić information content (AvgIpc) is 2.90. The molecule has 1 amide bonds. The van der Waals surface area contributed by atoms with Gasteiger partial charge in [-0.1, -0.05) is 24.2 Å². The Bertz CT molecular complexity index is 610. The highest BCUT2D eigenvalue weighted by Gasteiger charge is 2.18. The number of nitrogens with zero attached hydrogens (tertiary/aromatic N) is 1. The third kappa shape index (κ3) is 3.75. The van der Waals surface area contributed by atoms with Crippen molar-refractivity contribution in [1.29, 1.82) is 0 Å². The first-order valence-corrected chi connectivity index (χ1v) is 6.77. The van der Waals surface area contributed by atoms with Gasteiger partial charge in [-0.2, -0.15) is 0 Å². The van der Waals surface area contributed by atoms with Crippen molar-refractivity contribution in [3.63, 3.8) is 0 Å². The molecule has 1 atom stereocenters. The van der Waals surface area contributed by atoms with E-state index in [2.05, 4.69) is 15.8 Å². The standard InChI is InChI=1S/C15H19N3O3/c1-4-11(15(19)17-14-9-10(2)21-18-14)16-12-7-5-6-8-13(12)20-3/h5-9,11,16H,4H2,1-3H3,(H,17,18,19)/t11-/m0/s1. The van der Waals surface area contributed by atoms with Crippen LogP contribution in [0.15, 0.2) is 34.9 Å². The number of aryl methyl sites for hydroxylation is 1. The molecule has 1 aromatic heterocycles. The largest absolute Gasteiger partial charge is 0.495 e. The first kappa shape index (κ1) is 14.9. The Labute approximate surface area is 123 Å². The van der Waals surface area contributed by atoms with E-state index in [4.69, 9.17) is 9.26 Å². The lowest BCUT2D eigenvalue weighted by Crippen LogP contribution is -2.34. The maximum Gasteiger partial charge on any atom is 0.248 e. The minimum atomic E-state index is -0.390. The van der Waals surface area contributed by atoms with Crippen molar-refractivity contribution in [1.82, 2.24) is 5.16 Å². The van der Waals surface area contributed by atoms with Crippen LogP contribution in [0.4, 0.5) is 11.5 Å². The molecule has 0 aliphatic heterocycles. The molecule has 2 N–H and O–H groups in total. The first-order chi connectivity index (χ1) is 10.1. The smallest absolute Gasteiger partial charge is 0.248 e. The maximum absolute atomic E-state index is 12.3. The van der Waals surface area contributed by atoms with Crippen LogP contribution in [0.3, 0.4) is 0 Å². The van der Waals surface area contributed by atoms with Crippen LogP contribution in [0.25, 0.3) is 0 Å². The van der Waals surface area contributed by atoms with Gasteiger partial charge < -0.3 is 19.9 Å². The van der Waals surface area contributed by atoms with Crippen molar-refractivity contribution in [2.45, 2.75) is 26.3 Å². The van der Waals surface area contributed by atoms with Crippen molar-refractivity contribution in [2.24, 2.45) is 0 Å². The Hall–Kier alpha value is -2.50. The zero-order chi connectivity index (χ0) is 15.2. The summed E-state index contributed by atoms with van der Waals surface area (Å²) in [5, 5.41) is 9.66. The Morgan fingerprint density at radius 2 is 2.19 bits per heavy atom. The van der Waals surface area contributed by atoms with Crippen LogP contribution in [-0.2, 0) is 4.79 Å². The molecule has 21 heavy (non-hydrogen) atoms. The number of hydrogen-bond donors (Lipinski definition) is 2. The maximum atomic E-state index is 12.3. The molecule has 6 nitrogen and oxygen atoms in total. The van der Waals surface area contributed by atoms with Crippen LogP contribution in [0.1, 0.15) is 19.1 Å². The highest BCUT2D eigenvalue weighted by Crippen LogP contribution is 2.24. The summed E-state index contributed by atoms with van der Waals surface area (Å²) in [6.07, 6.45) is 0.626. The number of para-hydroxylation sites is 2. The van der Waals surface area contributed by atoms with Crippen molar-refractivity contribution >= 4 is 17.4 Å². The van der Waals surface area contributed by atoms with Crippen molar-refractivity contribution in [3.8, 4) is 5.75 Å². The summed E-state index contributed by atoms with van der Waals surface area (Å²) in [5.41, 5.74) is 0.776. The van der Waals surface area contributed by atoms with E-state index in [1.165, 1.54) is 0 Å². The Morgan fingerprint density at radius 1 is 1.43 bits per heavy atom. The van der Waals surface area contributed by atoms with E-state index in [1.807, 2.05) is 31.2 Å². The Balaban J connectivity index is 2.06. The van der Waals surface area contributed by atoms with Crippen LogP contribution in [0.5, 0.6) is 5.75 Å². The van der Waals surface area contributed by atoms with Crippen LogP contribution < -0.4 is 15.4 Å². The molecule has 1 aromatic carbocycles. The third-order valence-corrected chi connectivity index (χ3v) is 3.04. The van der Waals surface area contributed by atoms with Gasteiger partial charge in [0.25, 0.3) is 0 Å². The summed E-state index contributed by atoms with van der Waals surface area (Å²) in [4.78, 5) is 12.3. The number of hydrogen-bond acceptors (Lipinski definition) is 5. The van der Waals surface area contributed by atoms with Crippen LogP contribution in [-0.4, -0.2) is 24.2 Å². The lowest BCUT2D eigenvalue weighted by atomic mass is 10.2. The molecule has 2 rings (SSSR count). The highest BCUT2D eigenvalue weighted by atomic mass is 16.5. The minimum absolute atomic E-state index is 0.170. The van der Waals surface area contributed by atoms with Crippen molar-refractivity contribution in [3.05, 3.63) is 36.1 Å². The number of rotatable bonds is 6. The van der Waals surface area contributed by atoms with Gasteiger partial charge in [-0.3, -0.25) is 4.79 Å². The van der Waals surface area contributed by atoms with Gasteiger partial charge in [0.05, 0.1) is 12.8 Å². The van der Waals surface area contributed by atoms with E-state index < -0.39 is 6.04 Å². The molecule has 0 saturated carbocycles. The topological polar surface area (TPSA) is 76.4 Å². The molecular formula is C15H19N3O3. The molecule has 0 radical (unpaired) electrons. The lowest BCUT2D eigenvalue weighted by molar-refractivity contribution is -0.117. The van der Waals surface area contributed by atoms with Gasteiger partial charge in [0.2, 0.25) is 5.91 Å². The normalized spacial score (nSPS) is 11.8. The van der Waals surface area contributed by atoms with Gasteiger partial charge in [0, 0.05) is 6.07 Å². The fourth-order valence-corrected chi connectivity index (χ4v) is 1.94. The molecule has 0 saturated heterocycles. The van der Waals surface area contributed by atoms with Gasteiger partial charge in [-0.15, -0.1) is 0 Å². The van der Waals surface area contributed by atoms with Gasteiger partial charge in [-0.05, 0) is 25.5 Å². The highest BCUT2D eigenvalue weighted by molar-refractivity contribution is 5.96. The number of nitrogens with one attached hydrogen (secondary N) is 2. The number of carbonyl (C=O) groups excluding carboxylic acids is 1. The van der Waals surface area contributed by atoms with Gasteiger partial charge >= 0.3 is 0 Å². The summed E-state index contributed by atoms with van der Waals surface area (Å²) in [6.45, 7) is 3.70. The molecule has 0 aliphatic carbocycles. The predicted octanol–water partition coefficient (Wildman–Crippen LogP) is 2.82. The zero-order valence-corrected chi connectivity index (χ0v) is 12.3. The summed E-state index contributed by atoms with van der Waals surface area (Å²) < 4.78 is 10.2. The fraction of sp³-hybridized carbons (Fsp3) is 0.333. The third-order valence-electron chi connectivity index (χ3n) is 3.04. The number of benzene rings is 1. The SMILES string of the molecule is CC[C@H](Nc1ccccc1OC)C(=O)Nc1cc(C)on1. The summed E-state index contributed by atoms with van der Waals surface area (Å²) in [6, 6.07) is 8.76. The van der Waals surface area contributed by atoms with Crippen LogP contribution >= 0.6 is 0 Å². The first-order valence-electron chi connectivity index (χ1n) is 6.77. The van der Waals surface area contributed by atoms with Gasteiger partial charge in [0.15, 0.2) is 5.82 Å². The van der Waals surface area contributed by atoms with Gasteiger partial charge in [0.1, 0.15) is 17.6 Å². The summed E-state index contributed by atoms with van der Waals surface area (Å²) >= 11 is 0. The molecule has 0 aliphatic rings. The number of anilines is 2. The molecule has 112 valence electrons. The molecular weight excluding hydrogens is 270 g/mol. The van der Waals surface area contributed by atoms with Gasteiger partial charge in [-0.25, -0.2) is 0 Å². The number of methoxy groups -OCH3 is 1. The Kier molecular flexibility index (Phi) is 4.81. The molecule has 2 aromatic rings. The quantitative estimate of drug-likeness (QED) is 0.855. The predicted molar refractivity (Wildman–Crippen MR) is 80.6 cm³/mol. The molecule has 0 spiro atoms. The van der Waals surface area contributed by atoms with Crippen molar-refractivity contribution < 1.29 is 14.1 Å². The number of ether oxygens (including phenoxy) is 1. The zero-order valence-electron chi connectivity index (χ0n) is 12.3. The Morgan fingerprint density at radius 3 is 2.81 bits per heavy atom. The minimum Gasteiger partial charge on any atom is -0.495 e. The molecule has 6 heteroatoms. The lowest BCUT2D eigenvalue weighted by Gasteiger charge is -2.18. The van der Waals surface area contributed by atoms with E-state index in [9.17, 15) is 4.79 Å². The number of aromatic nitrogens is 1. The van der Waals surface area contributed by atoms with Crippen LogP contribution in [0.2, 0.25) is 0 Å². The van der Waals surface area contributed by atoms with E-state index >= 15 is 0 Å². The second-order valence-corrected chi connectivity index (χ2v) is 4.62. The van der Waals surface area contributed by atoms with E-state index in [0.29, 0.717) is 23.7 Å². The molecule has 0 fully saturated rings. The van der Waals surface area contributed by atoms with Crippen molar-refractivity contribution in [2.75, 3.05) is 17.7 Å². The summed E-state index contributed by atoms with van der Waals surface area (Å²) in [5.74, 6) is 1.59. The van der Waals surface area contributed by atoms with Crippen LogP contribution in [0, 0.1) is 6.92 Å². The van der Waals surface area contributed by atoms with E-state index in [1.54, 1.807) is 20.1 Å². The molecule has 0 unspecified atom stereocenters.